The van der Waals surface area contributed by atoms with Crippen LogP contribution < -0.4 is 4.74 Å². The Morgan fingerprint density at radius 2 is 2.21 bits per heavy atom. The number of hydrogen-bond acceptors (Lipinski definition) is 3. The number of methoxy groups -OCH3 is 1. The topological polar surface area (TPSA) is 31.4 Å². The molecule has 19 heavy (non-hydrogen) atoms. The third-order valence-electron chi connectivity index (χ3n) is 3.63. The number of hydrogen-bond donors (Lipinski definition) is 0. The number of nitrogens with zero attached hydrogens (tertiary/aromatic N) is 1. The highest BCUT2D eigenvalue weighted by Gasteiger charge is 2.19. The van der Waals surface area contributed by atoms with Crippen LogP contribution in [-0.2, 0) is 11.2 Å². The van der Waals surface area contributed by atoms with Crippen LogP contribution in [0.2, 0.25) is 0 Å². The fourth-order valence-corrected chi connectivity index (χ4v) is 2.65. The van der Waals surface area contributed by atoms with Gasteiger partial charge in [-0.05, 0) is 41.7 Å². The molecule has 0 saturated heterocycles. The average Bonchev–Trinajstić information content (AvgIpc) is 2.47. The summed E-state index contributed by atoms with van der Waals surface area (Å²) in [5, 5.41) is 0. The van der Waals surface area contributed by atoms with Gasteiger partial charge in [-0.25, -0.2) is 4.98 Å². The molecule has 0 spiro atoms. The van der Waals surface area contributed by atoms with Crippen LogP contribution in [0.5, 0.6) is 5.88 Å². The lowest BCUT2D eigenvalue weighted by Gasteiger charge is -2.25. The predicted molar refractivity (Wildman–Crippen MR) is 74.3 cm³/mol. The number of benzene rings is 1. The van der Waals surface area contributed by atoms with Gasteiger partial charge in [-0.15, -0.1) is 0 Å². The van der Waals surface area contributed by atoms with E-state index in [4.69, 9.17) is 9.47 Å². The molecular weight excluding hydrogens is 238 g/mol. The standard InChI is InChI=1S/C16H17NO2/c1-11-13-4-3-5-14(15(13)7-9-19-11)12-6-8-17-16(10-12)18-2/h3-6,8,10-11H,7,9H2,1-2H3. The predicted octanol–water partition coefficient (Wildman–Crippen LogP) is 3.39. The summed E-state index contributed by atoms with van der Waals surface area (Å²) in [7, 11) is 1.64. The van der Waals surface area contributed by atoms with E-state index in [1.807, 2.05) is 12.1 Å². The summed E-state index contributed by atoms with van der Waals surface area (Å²) < 4.78 is 10.9. The maximum Gasteiger partial charge on any atom is 0.213 e. The Morgan fingerprint density at radius 1 is 1.32 bits per heavy atom. The van der Waals surface area contributed by atoms with Gasteiger partial charge in [0.05, 0.1) is 19.8 Å². The molecule has 0 amide bonds. The molecule has 0 N–H and O–H groups in total. The molecule has 3 heteroatoms. The SMILES string of the molecule is COc1cc(-c2cccc3c2CCOC3C)ccn1. The summed E-state index contributed by atoms with van der Waals surface area (Å²) >= 11 is 0. The maximum atomic E-state index is 5.70. The van der Waals surface area contributed by atoms with Gasteiger partial charge in [-0.3, -0.25) is 0 Å². The normalized spacial score (nSPS) is 17.9. The van der Waals surface area contributed by atoms with Crippen molar-refractivity contribution in [3.8, 4) is 17.0 Å². The number of rotatable bonds is 2. The zero-order valence-corrected chi connectivity index (χ0v) is 11.2. The number of pyridine rings is 1. The smallest absolute Gasteiger partial charge is 0.213 e. The average molecular weight is 255 g/mol. The Balaban J connectivity index is 2.12. The minimum atomic E-state index is 0.174. The molecule has 2 aromatic rings. The van der Waals surface area contributed by atoms with Crippen molar-refractivity contribution in [1.82, 2.24) is 4.98 Å². The Kier molecular flexibility index (Phi) is 3.22. The highest BCUT2D eigenvalue weighted by molar-refractivity contribution is 5.69. The maximum absolute atomic E-state index is 5.70. The number of ether oxygens (including phenoxy) is 2. The molecule has 3 rings (SSSR count). The second-order valence-corrected chi connectivity index (χ2v) is 4.72. The van der Waals surface area contributed by atoms with Gasteiger partial charge in [0.1, 0.15) is 0 Å². The molecule has 0 radical (unpaired) electrons. The van der Waals surface area contributed by atoms with Gasteiger partial charge in [0.15, 0.2) is 0 Å². The van der Waals surface area contributed by atoms with Gasteiger partial charge in [0, 0.05) is 12.3 Å². The Morgan fingerprint density at radius 3 is 3.05 bits per heavy atom. The van der Waals surface area contributed by atoms with E-state index in [-0.39, 0.29) is 6.10 Å². The fourth-order valence-electron chi connectivity index (χ4n) is 2.65. The Labute approximate surface area is 113 Å². The molecule has 1 aromatic carbocycles. The highest BCUT2D eigenvalue weighted by atomic mass is 16.5. The van der Waals surface area contributed by atoms with E-state index in [9.17, 15) is 0 Å². The monoisotopic (exact) mass is 255 g/mol. The van der Waals surface area contributed by atoms with Crippen LogP contribution in [0.15, 0.2) is 36.5 Å². The minimum Gasteiger partial charge on any atom is -0.481 e. The number of aromatic nitrogens is 1. The molecule has 1 atom stereocenters. The van der Waals surface area contributed by atoms with Crippen molar-refractivity contribution >= 4 is 0 Å². The summed E-state index contributed by atoms with van der Waals surface area (Å²) in [5.74, 6) is 0.648. The second kappa shape index (κ2) is 5.02. The zero-order chi connectivity index (χ0) is 13.2. The molecule has 0 bridgehead atoms. The molecule has 3 nitrogen and oxygen atoms in total. The van der Waals surface area contributed by atoms with Gasteiger partial charge >= 0.3 is 0 Å². The minimum absolute atomic E-state index is 0.174. The van der Waals surface area contributed by atoms with E-state index in [1.165, 1.54) is 16.7 Å². The lowest BCUT2D eigenvalue weighted by atomic mass is 9.90. The van der Waals surface area contributed by atoms with Crippen molar-refractivity contribution in [3.63, 3.8) is 0 Å². The summed E-state index contributed by atoms with van der Waals surface area (Å²) in [4.78, 5) is 4.16. The van der Waals surface area contributed by atoms with E-state index >= 15 is 0 Å². The van der Waals surface area contributed by atoms with Crippen LogP contribution >= 0.6 is 0 Å². The summed E-state index contributed by atoms with van der Waals surface area (Å²) in [6, 6.07) is 10.4. The Bertz CT molecular complexity index is 595. The second-order valence-electron chi connectivity index (χ2n) is 4.72. The van der Waals surface area contributed by atoms with Crippen molar-refractivity contribution in [2.75, 3.05) is 13.7 Å². The van der Waals surface area contributed by atoms with Crippen LogP contribution in [0.3, 0.4) is 0 Å². The molecule has 0 saturated carbocycles. The van der Waals surface area contributed by atoms with Gasteiger partial charge in [-0.2, -0.15) is 0 Å². The first-order valence-electron chi connectivity index (χ1n) is 6.53. The van der Waals surface area contributed by atoms with E-state index in [0.717, 1.165) is 18.6 Å². The summed E-state index contributed by atoms with van der Waals surface area (Å²) in [6.45, 7) is 2.89. The first-order chi connectivity index (χ1) is 9.29. The molecule has 1 aromatic heterocycles. The van der Waals surface area contributed by atoms with Crippen LogP contribution in [0.25, 0.3) is 11.1 Å². The molecule has 0 aliphatic carbocycles. The molecular formula is C16H17NO2. The lowest BCUT2D eigenvalue weighted by molar-refractivity contribution is 0.0557. The molecule has 0 fully saturated rings. The molecule has 98 valence electrons. The van der Waals surface area contributed by atoms with Crippen LogP contribution in [0, 0.1) is 0 Å². The van der Waals surface area contributed by atoms with E-state index in [0.29, 0.717) is 5.88 Å². The largest absolute Gasteiger partial charge is 0.481 e. The van der Waals surface area contributed by atoms with E-state index in [2.05, 4.69) is 30.1 Å². The third-order valence-corrected chi connectivity index (χ3v) is 3.63. The molecule has 1 unspecified atom stereocenters. The first kappa shape index (κ1) is 12.2. The quantitative estimate of drug-likeness (QED) is 0.824. The number of fused-ring (bicyclic) bond motifs is 1. The summed E-state index contributed by atoms with van der Waals surface area (Å²) in [6.07, 6.45) is 2.92. The Hall–Kier alpha value is -1.87. The summed E-state index contributed by atoms with van der Waals surface area (Å²) in [5.41, 5.74) is 5.08. The van der Waals surface area contributed by atoms with Gasteiger partial charge in [-0.1, -0.05) is 18.2 Å². The van der Waals surface area contributed by atoms with Crippen molar-refractivity contribution in [3.05, 3.63) is 47.7 Å². The van der Waals surface area contributed by atoms with Crippen LogP contribution in [-0.4, -0.2) is 18.7 Å². The van der Waals surface area contributed by atoms with Crippen LogP contribution in [0.4, 0.5) is 0 Å². The van der Waals surface area contributed by atoms with Gasteiger partial charge in [0.2, 0.25) is 5.88 Å². The van der Waals surface area contributed by atoms with Crippen molar-refractivity contribution in [1.29, 1.82) is 0 Å². The third kappa shape index (κ3) is 2.22. The molecule has 2 heterocycles. The van der Waals surface area contributed by atoms with Gasteiger partial charge < -0.3 is 9.47 Å². The molecule has 1 aliphatic heterocycles. The van der Waals surface area contributed by atoms with Crippen LogP contribution in [0.1, 0.15) is 24.2 Å². The lowest BCUT2D eigenvalue weighted by Crippen LogP contribution is -2.14. The molecule has 1 aliphatic rings. The van der Waals surface area contributed by atoms with Crippen molar-refractivity contribution in [2.45, 2.75) is 19.4 Å². The van der Waals surface area contributed by atoms with E-state index < -0.39 is 0 Å². The first-order valence-corrected chi connectivity index (χ1v) is 6.53. The van der Waals surface area contributed by atoms with Gasteiger partial charge in [0.25, 0.3) is 0 Å². The highest BCUT2D eigenvalue weighted by Crippen LogP contribution is 2.34. The zero-order valence-electron chi connectivity index (χ0n) is 11.2. The fraction of sp³-hybridized carbons (Fsp3) is 0.312. The van der Waals surface area contributed by atoms with Crippen molar-refractivity contribution in [2.24, 2.45) is 0 Å². The van der Waals surface area contributed by atoms with Crippen molar-refractivity contribution < 1.29 is 9.47 Å². The van der Waals surface area contributed by atoms with E-state index in [1.54, 1.807) is 13.3 Å².